The van der Waals surface area contributed by atoms with Crippen molar-refractivity contribution in [1.29, 1.82) is 0 Å². The van der Waals surface area contributed by atoms with Gasteiger partial charge in [0.2, 0.25) is 0 Å². The molecule has 1 saturated carbocycles. The molecule has 1 aliphatic rings. The van der Waals surface area contributed by atoms with Gasteiger partial charge in [-0.25, -0.2) is 4.39 Å². The molecule has 18 heavy (non-hydrogen) atoms. The molecule has 1 aliphatic carbocycles. The first-order chi connectivity index (χ1) is 8.78. The molecule has 3 heteroatoms. The molecule has 0 spiro atoms. The second-order valence-electron chi connectivity index (χ2n) is 5.27. The molecule has 0 aliphatic heterocycles. The van der Waals surface area contributed by atoms with Crippen LogP contribution in [-0.4, -0.2) is 17.8 Å². The number of rotatable bonds is 5. The van der Waals surface area contributed by atoms with Gasteiger partial charge in [-0.1, -0.05) is 32.1 Å². The second kappa shape index (κ2) is 6.74. The Labute approximate surface area is 108 Å². The third-order valence-corrected chi connectivity index (χ3v) is 3.78. The first-order valence-corrected chi connectivity index (χ1v) is 6.91. The Bertz CT molecular complexity index is 346. The number of aliphatic hydroxyl groups is 1. The van der Waals surface area contributed by atoms with Crippen molar-refractivity contribution in [3.8, 4) is 0 Å². The summed E-state index contributed by atoms with van der Waals surface area (Å²) < 4.78 is 12.8. The highest BCUT2D eigenvalue weighted by atomic mass is 19.1. The van der Waals surface area contributed by atoms with Gasteiger partial charge in [-0.05, 0) is 36.6 Å². The van der Waals surface area contributed by atoms with Crippen molar-refractivity contribution in [2.45, 2.75) is 44.6 Å². The van der Waals surface area contributed by atoms with Gasteiger partial charge in [0.25, 0.3) is 0 Å². The van der Waals surface area contributed by atoms with Crippen LogP contribution in [-0.2, 0) is 0 Å². The average molecular weight is 251 g/mol. The van der Waals surface area contributed by atoms with Crippen LogP contribution in [0.2, 0.25) is 0 Å². The molecule has 0 bridgehead atoms. The maximum atomic E-state index is 12.8. The van der Waals surface area contributed by atoms with E-state index in [4.69, 9.17) is 0 Å². The summed E-state index contributed by atoms with van der Waals surface area (Å²) in [4.78, 5) is 0. The van der Waals surface area contributed by atoms with Crippen LogP contribution in [0, 0.1) is 11.7 Å². The standard InChI is InChI=1S/C15H22FNO/c16-13-6-8-14(9-7-13)17-15(11-18)10-12-4-2-1-3-5-12/h6-9,12,15,17-18H,1-5,10-11H2. The maximum absolute atomic E-state index is 12.8. The molecule has 0 aromatic heterocycles. The van der Waals surface area contributed by atoms with Gasteiger partial charge in [-0.15, -0.1) is 0 Å². The summed E-state index contributed by atoms with van der Waals surface area (Å²) in [6, 6.07) is 6.41. The maximum Gasteiger partial charge on any atom is 0.123 e. The Hall–Kier alpha value is -1.09. The molecule has 1 unspecified atom stereocenters. The predicted octanol–water partition coefficient (Wildman–Crippen LogP) is 3.57. The van der Waals surface area contributed by atoms with Crippen molar-refractivity contribution >= 4 is 5.69 Å². The number of hydrogen-bond donors (Lipinski definition) is 2. The predicted molar refractivity (Wildman–Crippen MR) is 72.1 cm³/mol. The minimum absolute atomic E-state index is 0.0820. The number of benzene rings is 1. The summed E-state index contributed by atoms with van der Waals surface area (Å²) in [5.41, 5.74) is 0.881. The summed E-state index contributed by atoms with van der Waals surface area (Å²) in [6.07, 6.45) is 7.56. The number of hydrogen-bond acceptors (Lipinski definition) is 2. The highest BCUT2D eigenvalue weighted by Crippen LogP contribution is 2.28. The Morgan fingerprint density at radius 1 is 1.17 bits per heavy atom. The highest BCUT2D eigenvalue weighted by Gasteiger charge is 2.18. The number of aliphatic hydroxyl groups excluding tert-OH is 1. The smallest absolute Gasteiger partial charge is 0.123 e. The van der Waals surface area contributed by atoms with Crippen LogP contribution in [0.3, 0.4) is 0 Å². The number of anilines is 1. The Morgan fingerprint density at radius 2 is 1.83 bits per heavy atom. The first-order valence-electron chi connectivity index (χ1n) is 6.91. The minimum Gasteiger partial charge on any atom is -0.394 e. The molecule has 2 N–H and O–H groups in total. The number of nitrogens with one attached hydrogen (secondary N) is 1. The average Bonchev–Trinajstić information content (AvgIpc) is 2.41. The Kier molecular flexibility index (Phi) is 5.00. The molecule has 100 valence electrons. The molecule has 0 heterocycles. The van der Waals surface area contributed by atoms with E-state index in [1.165, 1.54) is 44.2 Å². The molecule has 0 radical (unpaired) electrons. The lowest BCUT2D eigenvalue weighted by molar-refractivity contribution is 0.237. The summed E-state index contributed by atoms with van der Waals surface area (Å²) in [7, 11) is 0. The van der Waals surface area contributed by atoms with Crippen LogP contribution in [0.4, 0.5) is 10.1 Å². The zero-order chi connectivity index (χ0) is 12.8. The van der Waals surface area contributed by atoms with Crippen LogP contribution < -0.4 is 5.32 Å². The summed E-state index contributed by atoms with van der Waals surface area (Å²) in [6.45, 7) is 0.133. The topological polar surface area (TPSA) is 32.3 Å². The minimum atomic E-state index is -0.228. The summed E-state index contributed by atoms with van der Waals surface area (Å²) in [5, 5.41) is 12.7. The fourth-order valence-corrected chi connectivity index (χ4v) is 2.79. The van der Waals surface area contributed by atoms with E-state index in [0.29, 0.717) is 0 Å². The lowest BCUT2D eigenvalue weighted by Gasteiger charge is -2.26. The van der Waals surface area contributed by atoms with Crippen LogP contribution in [0.5, 0.6) is 0 Å². The van der Waals surface area contributed by atoms with Crippen LogP contribution in [0.25, 0.3) is 0 Å². The largest absolute Gasteiger partial charge is 0.394 e. The van der Waals surface area contributed by atoms with E-state index >= 15 is 0 Å². The van der Waals surface area contributed by atoms with Crippen LogP contribution >= 0.6 is 0 Å². The van der Waals surface area contributed by atoms with Crippen molar-refractivity contribution in [2.24, 2.45) is 5.92 Å². The molecular formula is C15H22FNO. The second-order valence-corrected chi connectivity index (χ2v) is 5.27. The molecule has 1 aromatic carbocycles. The molecule has 0 amide bonds. The van der Waals surface area contributed by atoms with E-state index in [1.54, 1.807) is 12.1 Å². The van der Waals surface area contributed by atoms with Gasteiger partial charge in [0.15, 0.2) is 0 Å². The lowest BCUT2D eigenvalue weighted by Crippen LogP contribution is -2.27. The molecule has 1 fully saturated rings. The Balaban J connectivity index is 1.86. The van der Waals surface area contributed by atoms with Gasteiger partial charge < -0.3 is 10.4 Å². The molecule has 2 rings (SSSR count). The van der Waals surface area contributed by atoms with Crippen molar-refractivity contribution < 1.29 is 9.50 Å². The molecule has 1 aromatic rings. The van der Waals surface area contributed by atoms with E-state index < -0.39 is 0 Å². The van der Waals surface area contributed by atoms with E-state index in [0.717, 1.165) is 18.0 Å². The molecule has 0 saturated heterocycles. The third-order valence-electron chi connectivity index (χ3n) is 3.78. The van der Waals surface area contributed by atoms with Crippen LogP contribution in [0.1, 0.15) is 38.5 Å². The molecule has 1 atom stereocenters. The lowest BCUT2D eigenvalue weighted by atomic mass is 9.85. The zero-order valence-electron chi connectivity index (χ0n) is 10.7. The van der Waals surface area contributed by atoms with Crippen LogP contribution in [0.15, 0.2) is 24.3 Å². The molecular weight excluding hydrogens is 229 g/mol. The zero-order valence-corrected chi connectivity index (χ0v) is 10.7. The van der Waals surface area contributed by atoms with E-state index in [-0.39, 0.29) is 18.5 Å². The van der Waals surface area contributed by atoms with Gasteiger partial charge in [0.05, 0.1) is 6.61 Å². The highest BCUT2D eigenvalue weighted by molar-refractivity contribution is 5.43. The summed E-state index contributed by atoms with van der Waals surface area (Å²) >= 11 is 0. The van der Waals surface area contributed by atoms with Crippen molar-refractivity contribution in [1.82, 2.24) is 0 Å². The van der Waals surface area contributed by atoms with Crippen molar-refractivity contribution in [2.75, 3.05) is 11.9 Å². The Morgan fingerprint density at radius 3 is 2.44 bits per heavy atom. The van der Waals surface area contributed by atoms with Gasteiger partial charge in [0.1, 0.15) is 5.82 Å². The monoisotopic (exact) mass is 251 g/mol. The normalized spacial score (nSPS) is 18.6. The molecule has 2 nitrogen and oxygen atoms in total. The fraction of sp³-hybridized carbons (Fsp3) is 0.600. The van der Waals surface area contributed by atoms with E-state index in [9.17, 15) is 9.50 Å². The van der Waals surface area contributed by atoms with Gasteiger partial charge >= 0.3 is 0 Å². The van der Waals surface area contributed by atoms with Gasteiger partial charge in [-0.3, -0.25) is 0 Å². The fourth-order valence-electron chi connectivity index (χ4n) is 2.79. The number of halogens is 1. The first kappa shape index (κ1) is 13.3. The van der Waals surface area contributed by atoms with Crippen molar-refractivity contribution in [3.63, 3.8) is 0 Å². The van der Waals surface area contributed by atoms with E-state index in [2.05, 4.69) is 5.32 Å². The van der Waals surface area contributed by atoms with Crippen molar-refractivity contribution in [3.05, 3.63) is 30.1 Å². The quantitative estimate of drug-likeness (QED) is 0.838. The SMILES string of the molecule is OCC(CC1CCCCC1)Nc1ccc(F)cc1. The summed E-state index contributed by atoms with van der Waals surface area (Å²) in [5.74, 6) is 0.497. The van der Waals surface area contributed by atoms with E-state index in [1.807, 2.05) is 0 Å². The third kappa shape index (κ3) is 3.98. The van der Waals surface area contributed by atoms with Gasteiger partial charge in [-0.2, -0.15) is 0 Å². The van der Waals surface area contributed by atoms with Gasteiger partial charge in [0, 0.05) is 11.7 Å².